The average Bonchev–Trinajstić information content (AvgIpc) is 2.72. The molecule has 1 rings (SSSR count). The predicted octanol–water partition coefficient (Wildman–Crippen LogP) is 0.0350. The van der Waals surface area contributed by atoms with Crippen molar-refractivity contribution in [3.63, 3.8) is 0 Å². The maximum atomic E-state index is 11.6. The molecule has 1 unspecified atom stereocenters. The first kappa shape index (κ1) is 13.9. The van der Waals surface area contributed by atoms with Crippen molar-refractivity contribution in [2.45, 2.75) is 26.3 Å². The van der Waals surface area contributed by atoms with E-state index in [1.165, 1.54) is 14.0 Å². The second-order valence-corrected chi connectivity index (χ2v) is 3.84. The molecule has 0 radical (unpaired) electrons. The molecular formula is C10H16N4O4. The molecule has 0 aliphatic carbocycles. The number of aliphatic carboxylic acids is 1. The van der Waals surface area contributed by atoms with Crippen LogP contribution >= 0.6 is 0 Å². The van der Waals surface area contributed by atoms with Crippen molar-refractivity contribution < 1.29 is 19.2 Å². The van der Waals surface area contributed by atoms with Crippen molar-refractivity contribution in [1.82, 2.24) is 20.4 Å². The summed E-state index contributed by atoms with van der Waals surface area (Å²) in [5, 5.41) is 14.9. The normalized spacial score (nSPS) is 11.9. The molecule has 1 aromatic heterocycles. The van der Waals surface area contributed by atoms with Gasteiger partial charge in [-0.2, -0.15) is 4.98 Å². The number of nitrogens with zero attached hydrogens (tertiary/aromatic N) is 3. The second kappa shape index (κ2) is 5.99. The molecule has 100 valence electrons. The highest BCUT2D eigenvalue weighted by Gasteiger charge is 2.21. The van der Waals surface area contributed by atoms with Gasteiger partial charge >= 0.3 is 12.0 Å². The second-order valence-electron chi connectivity index (χ2n) is 3.84. The number of hydrogen-bond acceptors (Lipinski definition) is 5. The van der Waals surface area contributed by atoms with Crippen LogP contribution in [0.1, 0.15) is 18.6 Å². The number of aromatic nitrogens is 2. The Morgan fingerprint density at radius 1 is 1.56 bits per heavy atom. The molecule has 1 atom stereocenters. The van der Waals surface area contributed by atoms with Crippen LogP contribution in [0.2, 0.25) is 0 Å². The van der Waals surface area contributed by atoms with Crippen LogP contribution in [-0.4, -0.2) is 51.8 Å². The van der Waals surface area contributed by atoms with Gasteiger partial charge in [0.05, 0.1) is 0 Å². The van der Waals surface area contributed by atoms with E-state index in [4.69, 9.17) is 9.63 Å². The van der Waals surface area contributed by atoms with Crippen molar-refractivity contribution >= 4 is 12.0 Å². The lowest BCUT2D eigenvalue weighted by atomic mass is 10.3. The minimum Gasteiger partial charge on any atom is -0.480 e. The lowest BCUT2D eigenvalue weighted by Gasteiger charge is -2.21. The van der Waals surface area contributed by atoms with Crippen molar-refractivity contribution in [1.29, 1.82) is 0 Å². The molecule has 2 amide bonds. The SMILES string of the molecule is Cc1noc(CCNC(=O)N(C)C(C)C(=O)O)n1. The highest BCUT2D eigenvalue weighted by molar-refractivity contribution is 5.82. The van der Waals surface area contributed by atoms with E-state index in [2.05, 4.69) is 15.5 Å². The minimum atomic E-state index is -1.06. The van der Waals surface area contributed by atoms with Gasteiger partial charge in [0.1, 0.15) is 6.04 Å². The Labute approximate surface area is 104 Å². The number of carboxylic acids is 1. The summed E-state index contributed by atoms with van der Waals surface area (Å²) in [6.07, 6.45) is 0.405. The number of carbonyl (C=O) groups is 2. The van der Waals surface area contributed by atoms with Crippen LogP contribution in [-0.2, 0) is 11.2 Å². The van der Waals surface area contributed by atoms with E-state index >= 15 is 0 Å². The molecule has 0 aliphatic heterocycles. The summed E-state index contributed by atoms with van der Waals surface area (Å²) >= 11 is 0. The molecule has 18 heavy (non-hydrogen) atoms. The van der Waals surface area contributed by atoms with Gasteiger partial charge in [-0.1, -0.05) is 5.16 Å². The van der Waals surface area contributed by atoms with Crippen molar-refractivity contribution in [3.05, 3.63) is 11.7 Å². The minimum absolute atomic E-state index is 0.303. The van der Waals surface area contributed by atoms with Crippen LogP contribution < -0.4 is 5.32 Å². The average molecular weight is 256 g/mol. The van der Waals surface area contributed by atoms with Gasteiger partial charge in [-0.15, -0.1) is 0 Å². The van der Waals surface area contributed by atoms with E-state index in [0.717, 1.165) is 4.90 Å². The van der Waals surface area contributed by atoms with E-state index < -0.39 is 18.0 Å². The van der Waals surface area contributed by atoms with Gasteiger partial charge in [-0.05, 0) is 13.8 Å². The van der Waals surface area contributed by atoms with E-state index in [-0.39, 0.29) is 0 Å². The van der Waals surface area contributed by atoms with Gasteiger partial charge in [0, 0.05) is 20.0 Å². The standard InChI is InChI=1S/C10H16N4O4/c1-6(9(15)16)14(3)10(17)11-5-4-8-12-7(2)13-18-8/h6H,4-5H2,1-3H3,(H,11,17)(H,15,16). The Bertz CT molecular complexity index is 431. The van der Waals surface area contributed by atoms with Gasteiger partial charge in [-0.3, -0.25) is 0 Å². The highest BCUT2D eigenvalue weighted by atomic mass is 16.5. The largest absolute Gasteiger partial charge is 0.480 e. The van der Waals surface area contributed by atoms with Crippen LogP contribution in [0.3, 0.4) is 0 Å². The third kappa shape index (κ3) is 3.72. The van der Waals surface area contributed by atoms with E-state index in [9.17, 15) is 9.59 Å². The predicted molar refractivity (Wildman–Crippen MR) is 61.0 cm³/mol. The molecule has 2 N–H and O–H groups in total. The molecule has 8 nitrogen and oxygen atoms in total. The quantitative estimate of drug-likeness (QED) is 0.769. The van der Waals surface area contributed by atoms with Gasteiger partial charge < -0.3 is 19.8 Å². The Morgan fingerprint density at radius 3 is 2.72 bits per heavy atom. The van der Waals surface area contributed by atoms with Crippen molar-refractivity contribution in [2.24, 2.45) is 0 Å². The van der Waals surface area contributed by atoms with Gasteiger partial charge in [0.25, 0.3) is 0 Å². The fraction of sp³-hybridized carbons (Fsp3) is 0.600. The maximum absolute atomic E-state index is 11.6. The monoisotopic (exact) mass is 256 g/mol. The maximum Gasteiger partial charge on any atom is 0.326 e. The zero-order chi connectivity index (χ0) is 13.7. The van der Waals surface area contributed by atoms with Crippen molar-refractivity contribution in [3.8, 4) is 0 Å². The number of carboxylic acid groups (broad SMARTS) is 1. The van der Waals surface area contributed by atoms with E-state index in [1.807, 2.05) is 0 Å². The van der Waals surface area contributed by atoms with Gasteiger partial charge in [0.15, 0.2) is 5.82 Å². The van der Waals surface area contributed by atoms with Crippen LogP contribution in [0.4, 0.5) is 4.79 Å². The van der Waals surface area contributed by atoms with Crippen LogP contribution in [0.15, 0.2) is 4.52 Å². The summed E-state index contributed by atoms with van der Waals surface area (Å²) in [6, 6.07) is -1.34. The van der Waals surface area contributed by atoms with E-state index in [1.54, 1.807) is 6.92 Å². The molecule has 0 saturated heterocycles. The Hall–Kier alpha value is -2.12. The lowest BCUT2D eigenvalue weighted by molar-refractivity contribution is -0.141. The van der Waals surface area contributed by atoms with Crippen molar-refractivity contribution in [2.75, 3.05) is 13.6 Å². The summed E-state index contributed by atoms with van der Waals surface area (Å²) < 4.78 is 4.87. The molecule has 0 saturated carbocycles. The number of nitrogens with one attached hydrogen (secondary N) is 1. The summed E-state index contributed by atoms with van der Waals surface area (Å²) in [4.78, 5) is 27.3. The number of amides is 2. The number of urea groups is 1. The first-order valence-corrected chi connectivity index (χ1v) is 5.44. The third-order valence-corrected chi connectivity index (χ3v) is 2.44. The van der Waals surface area contributed by atoms with Crippen LogP contribution in [0.25, 0.3) is 0 Å². The Kier molecular flexibility index (Phi) is 4.64. The Balaban J connectivity index is 2.35. The topological polar surface area (TPSA) is 109 Å². The summed E-state index contributed by atoms with van der Waals surface area (Å²) in [6.45, 7) is 3.44. The molecule has 0 aliphatic rings. The number of rotatable bonds is 5. The number of hydrogen-bond donors (Lipinski definition) is 2. The number of likely N-dealkylation sites (N-methyl/N-ethyl adjacent to an activating group) is 1. The molecule has 1 aromatic rings. The zero-order valence-corrected chi connectivity index (χ0v) is 10.5. The van der Waals surface area contributed by atoms with Gasteiger partial charge in [-0.25, -0.2) is 9.59 Å². The first-order valence-electron chi connectivity index (χ1n) is 5.44. The number of carbonyl (C=O) groups excluding carboxylic acids is 1. The summed E-state index contributed by atoms with van der Waals surface area (Å²) in [7, 11) is 1.42. The highest BCUT2D eigenvalue weighted by Crippen LogP contribution is 1.98. The first-order chi connectivity index (χ1) is 8.41. The molecular weight excluding hydrogens is 240 g/mol. The van der Waals surface area contributed by atoms with E-state index in [0.29, 0.717) is 24.7 Å². The molecule has 0 aromatic carbocycles. The summed E-state index contributed by atoms with van der Waals surface area (Å²) in [5.41, 5.74) is 0. The van der Waals surface area contributed by atoms with Crippen LogP contribution in [0.5, 0.6) is 0 Å². The Morgan fingerprint density at radius 2 is 2.22 bits per heavy atom. The smallest absolute Gasteiger partial charge is 0.326 e. The molecule has 0 bridgehead atoms. The zero-order valence-electron chi connectivity index (χ0n) is 10.5. The molecule has 8 heteroatoms. The van der Waals surface area contributed by atoms with Crippen LogP contribution in [0, 0.1) is 6.92 Å². The number of aryl methyl sites for hydroxylation is 1. The molecule has 0 fully saturated rings. The fourth-order valence-electron chi connectivity index (χ4n) is 1.18. The third-order valence-electron chi connectivity index (χ3n) is 2.44. The fourth-order valence-corrected chi connectivity index (χ4v) is 1.18. The lowest BCUT2D eigenvalue weighted by Crippen LogP contribution is -2.46. The molecule has 1 heterocycles. The van der Waals surface area contributed by atoms with Gasteiger partial charge in [0.2, 0.25) is 5.89 Å². The summed E-state index contributed by atoms with van der Waals surface area (Å²) in [5.74, 6) is -0.0881. The molecule has 0 spiro atoms.